The van der Waals surface area contributed by atoms with E-state index in [1.165, 1.54) is 13.0 Å². The number of amides is 2. The maximum Gasteiger partial charge on any atom is 0.274 e. The lowest BCUT2D eigenvalue weighted by Gasteiger charge is -2.16. The van der Waals surface area contributed by atoms with Crippen LogP contribution in [0, 0.1) is 10.1 Å². The van der Waals surface area contributed by atoms with Gasteiger partial charge in [-0.15, -0.1) is 0 Å². The summed E-state index contributed by atoms with van der Waals surface area (Å²) in [5, 5.41) is 16.1. The summed E-state index contributed by atoms with van der Waals surface area (Å²) < 4.78 is 0. The van der Waals surface area contributed by atoms with E-state index in [-0.39, 0.29) is 24.0 Å². The Morgan fingerprint density at radius 2 is 2.00 bits per heavy atom. The molecule has 0 aliphatic heterocycles. The normalized spacial score (nSPS) is 11.5. The molecule has 7 nitrogen and oxygen atoms in total. The molecule has 0 aliphatic rings. The first-order valence-electron chi connectivity index (χ1n) is 6.72. The second-order valence-corrected chi connectivity index (χ2v) is 4.65. The highest BCUT2D eigenvalue weighted by atomic mass is 16.6. The lowest BCUT2D eigenvalue weighted by Crippen LogP contribution is -2.45. The van der Waals surface area contributed by atoms with E-state index in [0.29, 0.717) is 12.0 Å². The number of benzene rings is 1. The zero-order valence-corrected chi connectivity index (χ0v) is 12.1. The second kappa shape index (κ2) is 7.98. The second-order valence-electron chi connectivity index (χ2n) is 4.65. The van der Waals surface area contributed by atoms with E-state index in [9.17, 15) is 19.7 Å². The average Bonchev–Trinajstić information content (AvgIpc) is 2.44. The highest BCUT2D eigenvalue weighted by Gasteiger charge is 2.19. The molecule has 1 rings (SSSR count). The number of nitrogens with one attached hydrogen (secondary N) is 2. The van der Waals surface area contributed by atoms with Crippen LogP contribution in [-0.2, 0) is 16.1 Å². The van der Waals surface area contributed by atoms with E-state index in [1.807, 2.05) is 6.92 Å². The van der Waals surface area contributed by atoms with Crippen molar-refractivity contribution in [2.75, 3.05) is 0 Å². The third-order valence-corrected chi connectivity index (χ3v) is 2.91. The molecular weight excluding hydrogens is 274 g/mol. The molecule has 1 aromatic rings. The molecule has 0 fully saturated rings. The minimum absolute atomic E-state index is 0.0376. The summed E-state index contributed by atoms with van der Waals surface area (Å²) in [4.78, 5) is 33.5. The van der Waals surface area contributed by atoms with Crippen LogP contribution in [0.5, 0.6) is 0 Å². The van der Waals surface area contributed by atoms with Gasteiger partial charge in [0.05, 0.1) is 4.92 Å². The van der Waals surface area contributed by atoms with Crippen LogP contribution >= 0.6 is 0 Å². The van der Waals surface area contributed by atoms with Gasteiger partial charge in [0.25, 0.3) is 5.69 Å². The van der Waals surface area contributed by atoms with Crippen molar-refractivity contribution in [2.24, 2.45) is 0 Å². The topological polar surface area (TPSA) is 101 Å². The molecule has 21 heavy (non-hydrogen) atoms. The molecule has 0 bridgehead atoms. The van der Waals surface area contributed by atoms with Crippen molar-refractivity contribution in [3.8, 4) is 0 Å². The summed E-state index contributed by atoms with van der Waals surface area (Å²) in [5.74, 6) is -0.625. The summed E-state index contributed by atoms with van der Waals surface area (Å²) in [6.45, 7) is 3.30. The monoisotopic (exact) mass is 293 g/mol. The van der Waals surface area contributed by atoms with Crippen molar-refractivity contribution in [3.05, 3.63) is 39.9 Å². The lowest BCUT2D eigenvalue weighted by atomic mass is 10.1. The van der Waals surface area contributed by atoms with Gasteiger partial charge in [0.15, 0.2) is 0 Å². The molecule has 0 radical (unpaired) electrons. The molecule has 114 valence electrons. The Morgan fingerprint density at radius 1 is 1.33 bits per heavy atom. The summed E-state index contributed by atoms with van der Waals surface area (Å²) in [6.07, 6.45) is 1.26. The van der Waals surface area contributed by atoms with E-state index in [1.54, 1.807) is 18.2 Å². The van der Waals surface area contributed by atoms with Gasteiger partial charge in [-0.05, 0) is 6.42 Å². The molecular formula is C14H19N3O4. The molecule has 7 heteroatoms. The van der Waals surface area contributed by atoms with Gasteiger partial charge in [-0.1, -0.05) is 31.5 Å². The zero-order chi connectivity index (χ0) is 15.8. The van der Waals surface area contributed by atoms with Crippen molar-refractivity contribution in [3.63, 3.8) is 0 Å². The van der Waals surface area contributed by atoms with Crippen LogP contribution in [0.25, 0.3) is 0 Å². The third-order valence-electron chi connectivity index (χ3n) is 2.91. The number of nitrogens with zero attached hydrogens (tertiary/aromatic N) is 1. The fourth-order valence-electron chi connectivity index (χ4n) is 1.95. The van der Waals surface area contributed by atoms with Crippen molar-refractivity contribution >= 4 is 17.5 Å². The molecule has 0 aromatic heterocycles. The molecule has 1 aromatic carbocycles. The number of carbonyl (C=O) groups is 2. The van der Waals surface area contributed by atoms with Crippen molar-refractivity contribution in [2.45, 2.75) is 39.3 Å². The number of hydrogen-bond donors (Lipinski definition) is 2. The van der Waals surface area contributed by atoms with Gasteiger partial charge in [-0.25, -0.2) is 0 Å². The van der Waals surface area contributed by atoms with Crippen molar-refractivity contribution < 1.29 is 14.5 Å². The maximum atomic E-state index is 12.0. The molecule has 0 saturated heterocycles. The molecule has 0 heterocycles. The van der Waals surface area contributed by atoms with E-state index in [2.05, 4.69) is 10.6 Å². The minimum atomic E-state index is -0.615. The Morgan fingerprint density at radius 3 is 2.57 bits per heavy atom. The first-order valence-corrected chi connectivity index (χ1v) is 6.72. The van der Waals surface area contributed by atoms with Gasteiger partial charge in [-0.3, -0.25) is 19.7 Å². The molecule has 0 spiro atoms. The lowest BCUT2D eigenvalue weighted by molar-refractivity contribution is -0.385. The molecule has 1 unspecified atom stereocenters. The minimum Gasteiger partial charge on any atom is -0.350 e. The van der Waals surface area contributed by atoms with Gasteiger partial charge >= 0.3 is 0 Å². The first-order chi connectivity index (χ1) is 9.95. The summed E-state index contributed by atoms with van der Waals surface area (Å²) in [7, 11) is 0. The van der Waals surface area contributed by atoms with Gasteiger partial charge in [0, 0.05) is 25.1 Å². The Kier molecular flexibility index (Phi) is 6.32. The standard InChI is InChI=1S/C14H19N3O4/c1-3-6-12(16-10(2)18)14(19)15-9-11-7-4-5-8-13(11)17(20)21/h4-5,7-8,12H,3,6,9H2,1-2H3,(H,15,19)(H,16,18). The Balaban J connectivity index is 2.71. The number of nitro benzene ring substituents is 1. The van der Waals surface area contributed by atoms with Gasteiger partial charge < -0.3 is 10.6 Å². The molecule has 0 aliphatic carbocycles. The van der Waals surface area contributed by atoms with Crippen LogP contribution in [-0.4, -0.2) is 22.8 Å². The first kappa shape index (κ1) is 16.6. The van der Waals surface area contributed by atoms with Crippen LogP contribution in [0.3, 0.4) is 0 Å². The van der Waals surface area contributed by atoms with Gasteiger partial charge in [0.1, 0.15) is 6.04 Å². The molecule has 1 atom stereocenters. The number of para-hydroxylation sites is 1. The van der Waals surface area contributed by atoms with Gasteiger partial charge in [-0.2, -0.15) is 0 Å². The number of nitro groups is 1. The molecule has 2 amide bonds. The quantitative estimate of drug-likeness (QED) is 0.587. The molecule has 0 saturated carbocycles. The summed E-state index contributed by atoms with van der Waals surface area (Å²) >= 11 is 0. The fraction of sp³-hybridized carbons (Fsp3) is 0.429. The summed E-state index contributed by atoms with van der Waals surface area (Å²) in [6, 6.07) is 5.60. The Hall–Kier alpha value is -2.44. The highest BCUT2D eigenvalue weighted by molar-refractivity contribution is 5.86. The Bertz CT molecular complexity index is 531. The van der Waals surface area contributed by atoms with Gasteiger partial charge in [0.2, 0.25) is 11.8 Å². The Labute approximate surface area is 122 Å². The van der Waals surface area contributed by atoms with Crippen molar-refractivity contribution in [1.29, 1.82) is 0 Å². The predicted molar refractivity (Wildman–Crippen MR) is 77.5 cm³/mol. The SMILES string of the molecule is CCCC(NC(C)=O)C(=O)NCc1ccccc1[N+](=O)[O-]. The van der Waals surface area contributed by atoms with E-state index < -0.39 is 11.0 Å². The molecule has 2 N–H and O–H groups in total. The van der Waals surface area contributed by atoms with E-state index >= 15 is 0 Å². The fourth-order valence-corrected chi connectivity index (χ4v) is 1.95. The smallest absolute Gasteiger partial charge is 0.274 e. The number of carbonyl (C=O) groups excluding carboxylic acids is 2. The average molecular weight is 293 g/mol. The van der Waals surface area contributed by atoms with E-state index in [0.717, 1.165) is 6.42 Å². The van der Waals surface area contributed by atoms with Crippen LogP contribution in [0.2, 0.25) is 0 Å². The predicted octanol–water partition coefficient (Wildman–Crippen LogP) is 1.52. The van der Waals surface area contributed by atoms with Crippen LogP contribution in [0.15, 0.2) is 24.3 Å². The summed E-state index contributed by atoms with van der Waals surface area (Å²) in [5.41, 5.74) is 0.387. The third kappa shape index (κ3) is 5.21. The van der Waals surface area contributed by atoms with Crippen LogP contribution < -0.4 is 10.6 Å². The van der Waals surface area contributed by atoms with Crippen molar-refractivity contribution in [1.82, 2.24) is 10.6 Å². The highest BCUT2D eigenvalue weighted by Crippen LogP contribution is 2.17. The zero-order valence-electron chi connectivity index (χ0n) is 12.1. The van der Waals surface area contributed by atoms with Crippen LogP contribution in [0.4, 0.5) is 5.69 Å². The largest absolute Gasteiger partial charge is 0.350 e. The number of rotatable bonds is 7. The van der Waals surface area contributed by atoms with E-state index in [4.69, 9.17) is 0 Å². The maximum absolute atomic E-state index is 12.0. The number of hydrogen-bond acceptors (Lipinski definition) is 4. The van der Waals surface area contributed by atoms with Crippen LogP contribution in [0.1, 0.15) is 32.3 Å².